The maximum Gasteiger partial charge on any atom is 0.190 e. The average molecular weight is 292 g/mol. The van der Waals surface area contributed by atoms with E-state index >= 15 is 0 Å². The summed E-state index contributed by atoms with van der Waals surface area (Å²) in [5.41, 5.74) is 2.10. The smallest absolute Gasteiger partial charge is 0.190 e. The normalized spacial score (nSPS) is 12.7. The Hall–Kier alpha value is -2.55. The number of benzene rings is 2. The van der Waals surface area contributed by atoms with Crippen LogP contribution in [0.25, 0.3) is 0 Å². The van der Waals surface area contributed by atoms with Crippen LogP contribution in [0.1, 0.15) is 30.9 Å². The molecule has 0 amide bonds. The molecule has 0 heterocycles. The molecule has 0 spiro atoms. The Morgan fingerprint density at radius 2 is 1.59 bits per heavy atom. The van der Waals surface area contributed by atoms with Crippen LogP contribution < -0.4 is 0 Å². The molecule has 0 radical (unpaired) electrons. The van der Waals surface area contributed by atoms with E-state index < -0.39 is 0 Å². The molecule has 0 aliphatic rings. The fourth-order valence-corrected chi connectivity index (χ4v) is 2.28. The van der Waals surface area contributed by atoms with E-state index in [2.05, 4.69) is 4.99 Å². The molecule has 0 aromatic heterocycles. The van der Waals surface area contributed by atoms with Gasteiger partial charge in [-0.25, -0.2) is 0 Å². The Labute approximate surface area is 131 Å². The third-order valence-corrected chi connectivity index (χ3v) is 3.54. The molecule has 0 aliphatic heterocycles. The second-order valence-corrected chi connectivity index (χ2v) is 5.06. The van der Waals surface area contributed by atoms with Crippen molar-refractivity contribution in [3.8, 4) is 0 Å². The minimum Gasteiger partial charge on any atom is -0.298 e. The van der Waals surface area contributed by atoms with Gasteiger partial charge < -0.3 is 0 Å². The lowest BCUT2D eigenvalue weighted by molar-refractivity contribution is -0.113. The van der Waals surface area contributed by atoms with E-state index in [9.17, 15) is 4.79 Å². The van der Waals surface area contributed by atoms with Gasteiger partial charge in [0, 0.05) is 18.0 Å². The van der Waals surface area contributed by atoms with Gasteiger partial charge in [-0.3, -0.25) is 15.2 Å². The highest BCUT2D eigenvalue weighted by Crippen LogP contribution is 2.18. The molecular formula is C19H20N2O. The number of carbonyl (C=O) groups is 1. The summed E-state index contributed by atoms with van der Waals surface area (Å²) in [5.74, 6) is -0.419. The Balaban J connectivity index is 2.31. The van der Waals surface area contributed by atoms with Gasteiger partial charge in [0.25, 0.3) is 0 Å². The summed E-state index contributed by atoms with van der Waals surface area (Å²) in [7, 11) is 0. The first-order chi connectivity index (χ1) is 10.6. The maximum absolute atomic E-state index is 12.8. The van der Waals surface area contributed by atoms with Crippen LogP contribution in [0.2, 0.25) is 0 Å². The van der Waals surface area contributed by atoms with Crippen LogP contribution >= 0.6 is 0 Å². The highest BCUT2D eigenvalue weighted by atomic mass is 16.1. The molecule has 0 saturated carbocycles. The topological polar surface area (TPSA) is 53.3 Å². The molecule has 3 heteroatoms. The molecule has 3 nitrogen and oxygen atoms in total. The highest BCUT2D eigenvalue weighted by Gasteiger charge is 2.24. The molecule has 22 heavy (non-hydrogen) atoms. The van der Waals surface area contributed by atoms with Gasteiger partial charge in [-0.1, -0.05) is 67.6 Å². The fourth-order valence-electron chi connectivity index (χ4n) is 2.28. The van der Waals surface area contributed by atoms with Crippen LogP contribution in [0.3, 0.4) is 0 Å². The lowest BCUT2D eigenvalue weighted by atomic mass is 9.90. The van der Waals surface area contributed by atoms with E-state index in [1.807, 2.05) is 74.5 Å². The minimum absolute atomic E-state index is 0.109. The standard InChI is InChI=1S/C19H20N2O/c1-3-21-18(17(20)16-12-8-5-9-13-16)19(22)14(2)15-10-6-4-7-11-15/h4-14,20H,3H2,1-2H3. The fraction of sp³-hybridized carbons (Fsp3) is 0.211. The van der Waals surface area contributed by atoms with Crippen molar-refractivity contribution in [3.63, 3.8) is 0 Å². The zero-order valence-corrected chi connectivity index (χ0v) is 12.9. The van der Waals surface area contributed by atoms with Crippen LogP contribution in [0.4, 0.5) is 0 Å². The predicted octanol–water partition coefficient (Wildman–Crippen LogP) is 3.89. The molecule has 112 valence electrons. The van der Waals surface area contributed by atoms with E-state index in [4.69, 9.17) is 5.41 Å². The third-order valence-electron chi connectivity index (χ3n) is 3.54. The van der Waals surface area contributed by atoms with E-state index in [0.29, 0.717) is 12.1 Å². The number of rotatable bonds is 6. The number of nitrogens with one attached hydrogen (secondary N) is 1. The molecular weight excluding hydrogens is 272 g/mol. The SMILES string of the molecule is CCN=C(C(=N)c1ccccc1)C(=O)C(C)c1ccccc1. The van der Waals surface area contributed by atoms with Gasteiger partial charge in [0.15, 0.2) is 5.78 Å². The minimum atomic E-state index is -0.310. The van der Waals surface area contributed by atoms with Gasteiger partial charge in [-0.15, -0.1) is 0 Å². The predicted molar refractivity (Wildman–Crippen MR) is 91.1 cm³/mol. The van der Waals surface area contributed by atoms with E-state index in [1.165, 1.54) is 0 Å². The van der Waals surface area contributed by atoms with Crippen molar-refractivity contribution in [2.24, 2.45) is 4.99 Å². The van der Waals surface area contributed by atoms with Crippen molar-refractivity contribution in [2.75, 3.05) is 6.54 Å². The Bertz CT molecular complexity index is 675. The Morgan fingerprint density at radius 1 is 1.05 bits per heavy atom. The average Bonchev–Trinajstić information content (AvgIpc) is 2.59. The van der Waals surface area contributed by atoms with Crippen LogP contribution in [0, 0.1) is 5.41 Å². The maximum atomic E-state index is 12.8. The van der Waals surface area contributed by atoms with Crippen molar-refractivity contribution >= 4 is 17.2 Å². The van der Waals surface area contributed by atoms with E-state index in [0.717, 1.165) is 5.56 Å². The summed E-state index contributed by atoms with van der Waals surface area (Å²) in [4.78, 5) is 17.1. The zero-order chi connectivity index (χ0) is 15.9. The first-order valence-electron chi connectivity index (χ1n) is 7.43. The lowest BCUT2D eigenvalue weighted by Gasteiger charge is -2.14. The quantitative estimate of drug-likeness (QED) is 0.807. The second-order valence-electron chi connectivity index (χ2n) is 5.06. The molecule has 1 atom stereocenters. The van der Waals surface area contributed by atoms with Gasteiger partial charge >= 0.3 is 0 Å². The van der Waals surface area contributed by atoms with Crippen molar-refractivity contribution in [1.82, 2.24) is 0 Å². The summed E-state index contributed by atoms with van der Waals surface area (Å²) in [6.45, 7) is 4.22. The molecule has 2 aromatic rings. The number of Topliss-reactive ketones (excluding diaryl/α,β-unsaturated/α-hetero) is 1. The largest absolute Gasteiger partial charge is 0.298 e. The number of ketones is 1. The molecule has 1 N–H and O–H groups in total. The molecule has 1 unspecified atom stereocenters. The van der Waals surface area contributed by atoms with Gasteiger partial charge in [0.1, 0.15) is 5.71 Å². The van der Waals surface area contributed by atoms with Gasteiger partial charge in [0.2, 0.25) is 0 Å². The van der Waals surface area contributed by atoms with Crippen molar-refractivity contribution < 1.29 is 4.79 Å². The molecule has 2 aromatic carbocycles. The Kier molecular flexibility index (Phi) is 5.37. The van der Waals surface area contributed by atoms with Crippen LogP contribution in [0.5, 0.6) is 0 Å². The first kappa shape index (κ1) is 15.8. The summed E-state index contributed by atoms with van der Waals surface area (Å²) in [6.07, 6.45) is 0. The lowest BCUT2D eigenvalue weighted by Crippen LogP contribution is -2.28. The summed E-state index contributed by atoms with van der Waals surface area (Å²) in [5, 5.41) is 8.32. The van der Waals surface area contributed by atoms with Crippen molar-refractivity contribution in [1.29, 1.82) is 5.41 Å². The highest BCUT2D eigenvalue weighted by molar-refractivity contribution is 6.70. The van der Waals surface area contributed by atoms with E-state index in [1.54, 1.807) is 0 Å². The monoisotopic (exact) mass is 292 g/mol. The van der Waals surface area contributed by atoms with Crippen LogP contribution in [0.15, 0.2) is 65.7 Å². The van der Waals surface area contributed by atoms with Crippen LogP contribution in [-0.4, -0.2) is 23.8 Å². The van der Waals surface area contributed by atoms with Crippen molar-refractivity contribution in [3.05, 3.63) is 71.8 Å². The molecule has 0 saturated heterocycles. The van der Waals surface area contributed by atoms with Gasteiger partial charge in [-0.2, -0.15) is 0 Å². The van der Waals surface area contributed by atoms with Gasteiger partial charge in [0.05, 0.1) is 5.71 Å². The summed E-state index contributed by atoms with van der Waals surface area (Å²) >= 11 is 0. The van der Waals surface area contributed by atoms with Crippen molar-refractivity contribution in [2.45, 2.75) is 19.8 Å². The summed E-state index contributed by atoms with van der Waals surface area (Å²) in [6, 6.07) is 18.9. The van der Waals surface area contributed by atoms with Crippen LogP contribution in [-0.2, 0) is 4.79 Å². The number of carbonyl (C=O) groups excluding carboxylic acids is 1. The molecule has 2 rings (SSSR count). The number of hydrogen-bond donors (Lipinski definition) is 1. The number of nitrogens with zero attached hydrogens (tertiary/aromatic N) is 1. The second kappa shape index (κ2) is 7.46. The van der Waals surface area contributed by atoms with Gasteiger partial charge in [-0.05, 0) is 12.5 Å². The number of hydrogen-bond acceptors (Lipinski definition) is 3. The molecule has 0 fully saturated rings. The third kappa shape index (κ3) is 3.55. The zero-order valence-electron chi connectivity index (χ0n) is 12.9. The van der Waals surface area contributed by atoms with E-state index in [-0.39, 0.29) is 23.1 Å². The molecule has 0 bridgehead atoms. The Morgan fingerprint density at radius 3 is 2.14 bits per heavy atom. The number of aliphatic imine (C=N–C) groups is 1. The summed E-state index contributed by atoms with van der Waals surface area (Å²) < 4.78 is 0. The first-order valence-corrected chi connectivity index (χ1v) is 7.43. The molecule has 0 aliphatic carbocycles.